The van der Waals surface area contributed by atoms with Crippen molar-refractivity contribution in [3.63, 3.8) is 0 Å². The minimum atomic E-state index is -0.494. The molecule has 1 amide bonds. The molecule has 0 atom stereocenters. The van der Waals surface area contributed by atoms with Crippen LogP contribution in [0.15, 0.2) is 70.3 Å². The smallest absolute Gasteiger partial charge is 0.337 e. The van der Waals surface area contributed by atoms with E-state index in [1.54, 1.807) is 30.0 Å². The number of rotatable bonds is 4. The van der Waals surface area contributed by atoms with E-state index in [2.05, 4.69) is 4.98 Å². The Balaban J connectivity index is 1.82. The number of aromatic nitrogens is 3. The number of fused-ring (bicyclic) bond motifs is 1. The number of carbonyl (C=O) groups is 1. The van der Waals surface area contributed by atoms with Crippen molar-refractivity contribution < 1.29 is 4.79 Å². The zero-order valence-electron chi connectivity index (χ0n) is 20.0. The van der Waals surface area contributed by atoms with Crippen molar-refractivity contribution >= 4 is 16.9 Å². The number of hydrogen-bond acceptors (Lipinski definition) is 4. The van der Waals surface area contributed by atoms with E-state index in [1.165, 1.54) is 9.13 Å². The highest BCUT2D eigenvalue weighted by atomic mass is 16.2. The van der Waals surface area contributed by atoms with Crippen LogP contribution in [0.2, 0.25) is 0 Å². The van der Waals surface area contributed by atoms with Crippen molar-refractivity contribution in [2.75, 3.05) is 13.1 Å². The van der Waals surface area contributed by atoms with E-state index in [0.29, 0.717) is 30.0 Å². The third-order valence-corrected chi connectivity index (χ3v) is 6.53. The van der Waals surface area contributed by atoms with E-state index in [0.717, 1.165) is 30.4 Å². The molecular weight excluding hydrogens is 440 g/mol. The number of nitrogens with zero attached hydrogens (tertiary/aromatic N) is 4. The van der Waals surface area contributed by atoms with Gasteiger partial charge in [-0.05, 0) is 56.9 Å². The van der Waals surface area contributed by atoms with Crippen molar-refractivity contribution in [2.45, 2.75) is 39.7 Å². The summed E-state index contributed by atoms with van der Waals surface area (Å²) in [4.78, 5) is 47.7. The van der Waals surface area contributed by atoms with Gasteiger partial charge < -0.3 is 4.90 Å². The molecule has 0 unspecified atom stereocenters. The third-order valence-electron chi connectivity index (χ3n) is 6.53. The van der Waals surface area contributed by atoms with Gasteiger partial charge in [0, 0.05) is 18.8 Å². The molecule has 1 aliphatic rings. The lowest BCUT2D eigenvalue weighted by Crippen LogP contribution is -2.42. The lowest BCUT2D eigenvalue weighted by atomic mass is 10.1. The largest absolute Gasteiger partial charge is 0.339 e. The van der Waals surface area contributed by atoms with Gasteiger partial charge in [-0.2, -0.15) is 0 Å². The first-order chi connectivity index (χ1) is 16.9. The lowest BCUT2D eigenvalue weighted by molar-refractivity contribution is 0.0726. The van der Waals surface area contributed by atoms with Crippen molar-refractivity contribution in [3.8, 4) is 5.69 Å². The molecule has 0 aliphatic carbocycles. The fraction of sp³-hybridized carbons (Fsp3) is 0.286. The van der Waals surface area contributed by atoms with Gasteiger partial charge in [-0.15, -0.1) is 0 Å². The van der Waals surface area contributed by atoms with Crippen LogP contribution in [0.1, 0.15) is 46.4 Å². The summed E-state index contributed by atoms with van der Waals surface area (Å²) in [5.41, 5.74) is 2.60. The van der Waals surface area contributed by atoms with E-state index in [9.17, 15) is 14.4 Å². The highest BCUT2D eigenvalue weighted by Crippen LogP contribution is 2.21. The maximum Gasteiger partial charge on any atom is 0.337 e. The van der Waals surface area contributed by atoms with Gasteiger partial charge in [-0.3, -0.25) is 14.2 Å². The second-order valence-electron chi connectivity index (χ2n) is 9.20. The molecule has 0 bridgehead atoms. The van der Waals surface area contributed by atoms with E-state index >= 15 is 0 Å². The summed E-state index contributed by atoms with van der Waals surface area (Å²) >= 11 is 0. The highest BCUT2D eigenvalue weighted by Gasteiger charge is 2.26. The average Bonchev–Trinajstić information content (AvgIpc) is 2.87. The molecule has 7 heteroatoms. The number of likely N-dealkylation sites (tertiary alicyclic amines) is 1. The Bertz CT molecular complexity index is 1530. The Labute approximate surface area is 203 Å². The minimum absolute atomic E-state index is 0.105. The van der Waals surface area contributed by atoms with Gasteiger partial charge >= 0.3 is 5.69 Å². The number of carbonyl (C=O) groups excluding carboxylic acids is 1. The van der Waals surface area contributed by atoms with Gasteiger partial charge in [0.25, 0.3) is 11.5 Å². The number of pyridine rings is 1. The number of amides is 1. The maximum absolute atomic E-state index is 13.9. The van der Waals surface area contributed by atoms with E-state index in [-0.39, 0.29) is 23.5 Å². The highest BCUT2D eigenvalue weighted by molar-refractivity contribution is 6.05. The van der Waals surface area contributed by atoms with Gasteiger partial charge in [-0.1, -0.05) is 48.0 Å². The number of piperidine rings is 1. The van der Waals surface area contributed by atoms with Crippen LogP contribution in [0.4, 0.5) is 0 Å². The molecule has 4 aromatic rings. The first-order valence-corrected chi connectivity index (χ1v) is 12.0. The van der Waals surface area contributed by atoms with Gasteiger partial charge in [0.05, 0.1) is 23.2 Å². The Hall–Kier alpha value is -4.00. The van der Waals surface area contributed by atoms with Crippen molar-refractivity contribution in [2.24, 2.45) is 0 Å². The fourth-order valence-electron chi connectivity index (χ4n) is 4.84. The summed E-state index contributed by atoms with van der Waals surface area (Å²) in [5, 5.41) is 0.183. The van der Waals surface area contributed by atoms with E-state index < -0.39 is 11.2 Å². The summed E-state index contributed by atoms with van der Waals surface area (Å²) in [5.74, 6) is -0.183. The first-order valence-electron chi connectivity index (χ1n) is 12.0. The Morgan fingerprint density at radius 3 is 2.37 bits per heavy atom. The molecule has 0 saturated carbocycles. The summed E-state index contributed by atoms with van der Waals surface area (Å²) in [6.45, 7) is 5.18. The summed E-state index contributed by atoms with van der Waals surface area (Å²) < 4.78 is 2.67. The topological polar surface area (TPSA) is 77.2 Å². The second kappa shape index (κ2) is 9.33. The lowest BCUT2D eigenvalue weighted by Gasteiger charge is -2.27. The number of aryl methyl sites for hydroxylation is 2. The average molecular weight is 469 g/mol. The number of hydrogen-bond donors (Lipinski definition) is 0. The molecular formula is C28H28N4O3. The van der Waals surface area contributed by atoms with Crippen molar-refractivity contribution in [1.29, 1.82) is 0 Å². The fourth-order valence-corrected chi connectivity index (χ4v) is 4.84. The number of benzene rings is 2. The molecule has 35 heavy (non-hydrogen) atoms. The molecule has 0 spiro atoms. The molecule has 7 nitrogen and oxygen atoms in total. The summed E-state index contributed by atoms with van der Waals surface area (Å²) in [6.07, 6.45) is 2.98. The van der Waals surface area contributed by atoms with Gasteiger partial charge in [0.2, 0.25) is 0 Å². The predicted molar refractivity (Wildman–Crippen MR) is 136 cm³/mol. The van der Waals surface area contributed by atoms with Gasteiger partial charge in [0.15, 0.2) is 5.65 Å². The Kier molecular flexibility index (Phi) is 6.07. The molecule has 1 aliphatic heterocycles. The van der Waals surface area contributed by atoms with Crippen LogP contribution in [0.3, 0.4) is 0 Å². The predicted octanol–water partition coefficient (Wildman–Crippen LogP) is 3.84. The SMILES string of the molecule is Cc1cccc(Cn2c(=O)c3c(C(=O)N4CCCCC4)cc(C)nc3n(-c3ccccc3)c2=O)c1. The normalized spacial score (nSPS) is 13.8. The standard InChI is InChI=1S/C28H28N4O3/c1-19-10-9-11-21(16-19)18-31-27(34)24-23(26(33)30-14-7-4-8-15-30)17-20(2)29-25(24)32(28(31)35)22-12-5-3-6-13-22/h3,5-6,9-13,16-17H,4,7-8,14-15,18H2,1-2H3. The molecule has 1 saturated heterocycles. The van der Waals surface area contributed by atoms with Gasteiger partial charge in [0.1, 0.15) is 0 Å². The van der Waals surface area contributed by atoms with E-state index in [4.69, 9.17) is 0 Å². The molecule has 178 valence electrons. The Morgan fingerprint density at radius 1 is 0.914 bits per heavy atom. The van der Waals surface area contributed by atoms with Crippen molar-refractivity contribution in [1.82, 2.24) is 19.0 Å². The minimum Gasteiger partial charge on any atom is -0.339 e. The summed E-state index contributed by atoms with van der Waals surface area (Å²) in [6, 6.07) is 18.5. The molecule has 3 heterocycles. The molecule has 2 aromatic heterocycles. The molecule has 1 fully saturated rings. The van der Waals surface area contributed by atoms with Crippen LogP contribution in [0.25, 0.3) is 16.7 Å². The van der Waals surface area contributed by atoms with Crippen LogP contribution >= 0.6 is 0 Å². The maximum atomic E-state index is 13.9. The molecule has 0 N–H and O–H groups in total. The van der Waals surface area contributed by atoms with Crippen LogP contribution < -0.4 is 11.2 Å². The van der Waals surface area contributed by atoms with Crippen LogP contribution in [0, 0.1) is 13.8 Å². The quantitative estimate of drug-likeness (QED) is 0.456. The van der Waals surface area contributed by atoms with Crippen LogP contribution in [-0.4, -0.2) is 38.0 Å². The third kappa shape index (κ3) is 4.30. The molecule has 0 radical (unpaired) electrons. The second-order valence-corrected chi connectivity index (χ2v) is 9.20. The summed E-state index contributed by atoms with van der Waals surface area (Å²) in [7, 11) is 0. The molecule has 2 aromatic carbocycles. The van der Waals surface area contributed by atoms with E-state index in [1.807, 2.05) is 49.4 Å². The van der Waals surface area contributed by atoms with Gasteiger partial charge in [-0.25, -0.2) is 14.3 Å². The van der Waals surface area contributed by atoms with Crippen LogP contribution in [-0.2, 0) is 6.54 Å². The van der Waals surface area contributed by atoms with Crippen molar-refractivity contribution in [3.05, 3.63) is 104 Å². The monoisotopic (exact) mass is 468 g/mol. The number of para-hydroxylation sites is 1. The Morgan fingerprint density at radius 2 is 1.66 bits per heavy atom. The first kappa shape index (κ1) is 22.8. The zero-order valence-corrected chi connectivity index (χ0v) is 20.0. The van der Waals surface area contributed by atoms with Crippen LogP contribution in [0.5, 0.6) is 0 Å². The molecule has 5 rings (SSSR count). The zero-order chi connectivity index (χ0) is 24.5.